The van der Waals surface area contributed by atoms with Gasteiger partial charge in [0.15, 0.2) is 11.6 Å². The second kappa shape index (κ2) is 6.80. The van der Waals surface area contributed by atoms with Gasteiger partial charge >= 0.3 is 0 Å². The predicted octanol–water partition coefficient (Wildman–Crippen LogP) is 2.00. The molecule has 0 amide bonds. The van der Waals surface area contributed by atoms with Crippen LogP contribution in [0.15, 0.2) is 23.3 Å². The van der Waals surface area contributed by atoms with Crippen LogP contribution in [-0.4, -0.2) is 30.7 Å². The van der Waals surface area contributed by atoms with Crippen molar-refractivity contribution in [2.24, 2.45) is 5.92 Å². The van der Waals surface area contributed by atoms with Crippen LogP contribution in [0.2, 0.25) is 5.02 Å². The molecule has 0 spiro atoms. The van der Waals surface area contributed by atoms with Crippen LogP contribution in [0.25, 0.3) is 5.52 Å². The van der Waals surface area contributed by atoms with Gasteiger partial charge in [-0.15, -0.1) is 0 Å². The number of anilines is 2. The minimum absolute atomic E-state index is 0.0971. The van der Waals surface area contributed by atoms with Gasteiger partial charge < -0.3 is 10.6 Å². The summed E-state index contributed by atoms with van der Waals surface area (Å²) in [4.78, 5) is 23.2. The smallest absolute Gasteiger partial charge is 0.279 e. The van der Waals surface area contributed by atoms with Crippen LogP contribution in [0, 0.1) is 17.2 Å². The van der Waals surface area contributed by atoms with Crippen molar-refractivity contribution in [2.75, 3.05) is 17.2 Å². The first-order chi connectivity index (χ1) is 13.4. The summed E-state index contributed by atoms with van der Waals surface area (Å²) in [7, 11) is 0. The zero-order valence-electron chi connectivity index (χ0n) is 15.5. The number of nitriles is 1. The van der Waals surface area contributed by atoms with Crippen LogP contribution in [-0.2, 0) is 6.54 Å². The molecular weight excluding hydrogens is 380 g/mol. The number of fused-ring (bicyclic) bond motifs is 1. The number of hydrogen-bond acceptors (Lipinski definition) is 7. The first-order valence-corrected chi connectivity index (χ1v) is 9.35. The summed E-state index contributed by atoms with van der Waals surface area (Å²) in [6.45, 7) is 5.27. The molecule has 9 nitrogen and oxygen atoms in total. The standard InChI is InChI=1S/C18H19ClN8O/c1-10(2)9-26-16(24-27-6-3-12(19)14(27)17(26)28)13-4-5-25(13)15-11(7-20)8-22-18(21)23-15/h3,6,8,10,13H,4-5,9H2,1-2H3,(H2,21,22,23)/t13-/m0/s1. The van der Waals surface area contributed by atoms with E-state index in [1.165, 1.54) is 10.7 Å². The number of nitrogens with two attached hydrogens (primary N) is 1. The Morgan fingerprint density at radius 2 is 2.25 bits per heavy atom. The van der Waals surface area contributed by atoms with E-state index in [9.17, 15) is 10.1 Å². The summed E-state index contributed by atoms with van der Waals surface area (Å²) < 4.78 is 3.20. The Bertz CT molecular complexity index is 1160. The van der Waals surface area contributed by atoms with E-state index in [4.69, 9.17) is 17.3 Å². The van der Waals surface area contributed by atoms with E-state index in [2.05, 4.69) is 21.1 Å². The monoisotopic (exact) mass is 398 g/mol. The normalized spacial score (nSPS) is 16.4. The Labute approximate surface area is 166 Å². The summed E-state index contributed by atoms with van der Waals surface area (Å²) in [5.41, 5.74) is 6.25. The molecule has 4 rings (SSSR count). The average Bonchev–Trinajstić information content (AvgIpc) is 2.98. The van der Waals surface area contributed by atoms with Gasteiger partial charge in [0.25, 0.3) is 5.56 Å². The second-order valence-electron chi connectivity index (χ2n) is 7.20. The molecule has 0 aromatic carbocycles. The summed E-state index contributed by atoms with van der Waals surface area (Å²) >= 11 is 6.20. The van der Waals surface area contributed by atoms with Gasteiger partial charge in [-0.25, -0.2) is 9.50 Å². The molecule has 28 heavy (non-hydrogen) atoms. The third-order valence-corrected chi connectivity index (χ3v) is 5.10. The molecule has 0 saturated carbocycles. The molecule has 4 heterocycles. The largest absolute Gasteiger partial charge is 0.368 e. The molecule has 1 atom stereocenters. The SMILES string of the molecule is CC(C)Cn1c([C@@H]2CCN2c2nc(N)ncc2C#N)nn2ccc(Cl)c2c1=O. The number of nitrogen functional groups attached to an aromatic ring is 1. The molecule has 1 saturated heterocycles. The lowest BCUT2D eigenvalue weighted by Crippen LogP contribution is -2.46. The highest BCUT2D eigenvalue weighted by molar-refractivity contribution is 6.33. The van der Waals surface area contributed by atoms with Gasteiger partial charge in [-0.3, -0.25) is 9.36 Å². The zero-order valence-corrected chi connectivity index (χ0v) is 16.3. The lowest BCUT2D eigenvalue weighted by Gasteiger charge is -2.42. The molecule has 0 unspecified atom stereocenters. The van der Waals surface area contributed by atoms with Gasteiger partial charge in [0, 0.05) is 19.3 Å². The van der Waals surface area contributed by atoms with Crippen LogP contribution in [0.1, 0.15) is 37.7 Å². The molecule has 3 aromatic heterocycles. The van der Waals surface area contributed by atoms with E-state index in [1.54, 1.807) is 16.8 Å². The Balaban J connectivity index is 1.86. The molecule has 144 valence electrons. The van der Waals surface area contributed by atoms with Gasteiger partial charge in [-0.1, -0.05) is 25.4 Å². The Kier molecular flexibility index (Phi) is 4.43. The number of rotatable bonds is 4. The first-order valence-electron chi connectivity index (χ1n) is 8.97. The van der Waals surface area contributed by atoms with E-state index in [0.717, 1.165) is 6.42 Å². The van der Waals surface area contributed by atoms with E-state index in [1.807, 2.05) is 18.7 Å². The maximum Gasteiger partial charge on any atom is 0.279 e. The molecule has 10 heteroatoms. The fraction of sp³-hybridized carbons (Fsp3) is 0.389. The van der Waals surface area contributed by atoms with Crippen molar-refractivity contribution in [1.29, 1.82) is 5.26 Å². The maximum absolute atomic E-state index is 13.1. The van der Waals surface area contributed by atoms with Crippen molar-refractivity contribution in [3.05, 3.63) is 45.2 Å². The summed E-state index contributed by atoms with van der Waals surface area (Å²) in [6, 6.07) is 3.56. The highest BCUT2D eigenvalue weighted by atomic mass is 35.5. The fourth-order valence-corrected chi connectivity index (χ4v) is 3.68. The minimum Gasteiger partial charge on any atom is -0.368 e. The van der Waals surface area contributed by atoms with Gasteiger partial charge in [-0.2, -0.15) is 15.3 Å². The van der Waals surface area contributed by atoms with Crippen molar-refractivity contribution in [2.45, 2.75) is 32.9 Å². The van der Waals surface area contributed by atoms with Crippen molar-refractivity contribution >= 4 is 28.9 Å². The predicted molar refractivity (Wildman–Crippen MR) is 105 cm³/mol. The maximum atomic E-state index is 13.1. The van der Waals surface area contributed by atoms with E-state index < -0.39 is 0 Å². The Hall–Kier alpha value is -3.12. The molecule has 0 radical (unpaired) electrons. The topological polar surface area (TPSA) is 118 Å². The lowest BCUT2D eigenvalue weighted by molar-refractivity contribution is 0.386. The van der Waals surface area contributed by atoms with Crippen molar-refractivity contribution in [3.63, 3.8) is 0 Å². The van der Waals surface area contributed by atoms with Crippen molar-refractivity contribution in [1.82, 2.24) is 24.1 Å². The molecular formula is C18H19ClN8O. The van der Waals surface area contributed by atoms with Gasteiger partial charge in [-0.05, 0) is 18.4 Å². The molecule has 0 aliphatic carbocycles. The van der Waals surface area contributed by atoms with Crippen LogP contribution >= 0.6 is 11.6 Å². The van der Waals surface area contributed by atoms with Crippen LogP contribution in [0.5, 0.6) is 0 Å². The van der Waals surface area contributed by atoms with E-state index in [0.29, 0.717) is 40.8 Å². The summed E-state index contributed by atoms with van der Waals surface area (Å²) in [5, 5.41) is 14.5. The van der Waals surface area contributed by atoms with E-state index in [-0.39, 0.29) is 23.5 Å². The third-order valence-electron chi connectivity index (χ3n) is 4.80. The van der Waals surface area contributed by atoms with Crippen molar-refractivity contribution < 1.29 is 0 Å². The quantitative estimate of drug-likeness (QED) is 0.713. The van der Waals surface area contributed by atoms with Crippen LogP contribution in [0.4, 0.5) is 11.8 Å². The Morgan fingerprint density at radius 1 is 1.46 bits per heavy atom. The molecule has 3 aromatic rings. The van der Waals surface area contributed by atoms with Crippen molar-refractivity contribution in [3.8, 4) is 6.07 Å². The summed E-state index contributed by atoms with van der Waals surface area (Å²) in [5.74, 6) is 1.42. The van der Waals surface area contributed by atoms with Gasteiger partial charge in [0.2, 0.25) is 5.95 Å². The third kappa shape index (κ3) is 2.86. The minimum atomic E-state index is -0.196. The molecule has 1 aliphatic rings. The number of hydrogen-bond donors (Lipinski definition) is 1. The highest BCUT2D eigenvalue weighted by Crippen LogP contribution is 2.37. The van der Waals surface area contributed by atoms with Gasteiger partial charge in [0.05, 0.1) is 17.3 Å². The molecule has 1 fully saturated rings. The molecule has 1 aliphatic heterocycles. The zero-order chi connectivity index (χ0) is 20.0. The van der Waals surface area contributed by atoms with E-state index >= 15 is 0 Å². The average molecular weight is 399 g/mol. The molecule has 2 N–H and O–H groups in total. The number of aromatic nitrogens is 5. The Morgan fingerprint density at radius 3 is 2.89 bits per heavy atom. The van der Waals surface area contributed by atoms with Crippen LogP contribution in [0.3, 0.4) is 0 Å². The summed E-state index contributed by atoms with van der Waals surface area (Å²) in [6.07, 6.45) is 3.87. The first kappa shape index (κ1) is 18.3. The molecule has 0 bridgehead atoms. The number of nitrogens with zero attached hydrogens (tertiary/aromatic N) is 7. The lowest BCUT2D eigenvalue weighted by atomic mass is 10.0. The highest BCUT2D eigenvalue weighted by Gasteiger charge is 2.36. The fourth-order valence-electron chi connectivity index (χ4n) is 3.46. The second-order valence-corrected chi connectivity index (χ2v) is 7.61. The van der Waals surface area contributed by atoms with Crippen LogP contribution < -0.4 is 16.2 Å². The number of halogens is 1. The van der Waals surface area contributed by atoms with Gasteiger partial charge in [0.1, 0.15) is 17.1 Å².